The summed E-state index contributed by atoms with van der Waals surface area (Å²) < 4.78 is 25.1. The number of ether oxygens (including phenoxy) is 2. The molecule has 0 fully saturated rings. The van der Waals surface area contributed by atoms with Gasteiger partial charge >= 0.3 is 0 Å². The number of rotatable bonds is 8. The number of methoxy groups -OCH3 is 2. The summed E-state index contributed by atoms with van der Waals surface area (Å²) in [7, 11) is 4.61. The summed E-state index contributed by atoms with van der Waals surface area (Å²) in [6, 6.07) is 12.4. The molecular formula is C26H28FN5O5. The van der Waals surface area contributed by atoms with Gasteiger partial charge in [0.1, 0.15) is 28.5 Å². The summed E-state index contributed by atoms with van der Waals surface area (Å²) in [5.74, 6) is -0.490. The zero-order chi connectivity index (χ0) is 26.7. The first-order chi connectivity index (χ1) is 17.7. The van der Waals surface area contributed by atoms with Gasteiger partial charge in [-0.25, -0.2) is 4.39 Å². The van der Waals surface area contributed by atoms with Crippen molar-refractivity contribution in [2.24, 2.45) is 0 Å². The van der Waals surface area contributed by atoms with Crippen molar-refractivity contribution in [2.45, 2.75) is 32.1 Å². The van der Waals surface area contributed by atoms with Gasteiger partial charge < -0.3 is 25.0 Å². The third-order valence-electron chi connectivity index (χ3n) is 6.52. The molecule has 10 nitrogen and oxygen atoms in total. The van der Waals surface area contributed by atoms with Gasteiger partial charge in [-0.15, -0.1) is 0 Å². The molecular weight excluding hydrogens is 481 g/mol. The molecule has 0 bridgehead atoms. The maximum Gasteiger partial charge on any atom is 0.272 e. The van der Waals surface area contributed by atoms with Crippen molar-refractivity contribution in [3.8, 4) is 11.5 Å². The standard InChI is InChI=1S/C26H28FN5O5/c1-26(25(35)29-13-16-5-8-18(27)9-6-16)15-32-21(24(34)31(26)2)12-20(30-32)23(33)28-14-17-7-10-19(36-3)11-22(17)37-4/h5-12H,13-15H2,1-4H3,(H,28,33)(H,29,35). The molecule has 194 valence electrons. The van der Waals surface area contributed by atoms with E-state index in [-0.39, 0.29) is 36.8 Å². The van der Waals surface area contributed by atoms with Gasteiger partial charge in [0.2, 0.25) is 5.91 Å². The molecule has 2 N–H and O–H groups in total. The quantitative estimate of drug-likeness (QED) is 0.481. The lowest BCUT2D eigenvalue weighted by atomic mass is 9.96. The van der Waals surface area contributed by atoms with Crippen molar-refractivity contribution < 1.29 is 28.2 Å². The Bertz CT molecular complexity index is 1340. The van der Waals surface area contributed by atoms with Crippen molar-refractivity contribution in [2.75, 3.05) is 21.3 Å². The number of nitrogens with zero attached hydrogens (tertiary/aromatic N) is 3. The lowest BCUT2D eigenvalue weighted by molar-refractivity contribution is -0.132. The lowest BCUT2D eigenvalue weighted by Gasteiger charge is -2.40. The number of benzene rings is 2. The number of amides is 3. The van der Waals surface area contributed by atoms with Crippen molar-refractivity contribution >= 4 is 17.7 Å². The maximum absolute atomic E-state index is 13.1. The molecule has 11 heteroatoms. The molecule has 0 saturated carbocycles. The van der Waals surface area contributed by atoms with Gasteiger partial charge in [-0.2, -0.15) is 5.10 Å². The van der Waals surface area contributed by atoms with Crippen LogP contribution in [0.1, 0.15) is 39.0 Å². The minimum absolute atomic E-state index is 0.0550. The predicted molar refractivity (Wildman–Crippen MR) is 132 cm³/mol. The van der Waals surface area contributed by atoms with Crippen LogP contribution in [0.3, 0.4) is 0 Å². The third kappa shape index (κ3) is 5.11. The topological polar surface area (TPSA) is 115 Å². The highest BCUT2D eigenvalue weighted by molar-refractivity contribution is 6.01. The number of hydrogen-bond donors (Lipinski definition) is 2. The number of aromatic nitrogens is 2. The van der Waals surface area contributed by atoms with Crippen molar-refractivity contribution in [1.29, 1.82) is 0 Å². The highest BCUT2D eigenvalue weighted by Crippen LogP contribution is 2.27. The molecule has 1 aliphatic rings. The Morgan fingerprint density at radius 2 is 1.78 bits per heavy atom. The van der Waals surface area contributed by atoms with Gasteiger partial charge in [0.15, 0.2) is 5.69 Å². The average Bonchev–Trinajstić information content (AvgIpc) is 3.33. The number of halogens is 1. The summed E-state index contributed by atoms with van der Waals surface area (Å²) in [5.41, 5.74) is 0.469. The van der Waals surface area contributed by atoms with Crippen molar-refractivity contribution in [3.63, 3.8) is 0 Å². The van der Waals surface area contributed by atoms with Crippen LogP contribution in [-0.4, -0.2) is 59.2 Å². The van der Waals surface area contributed by atoms with Crippen molar-refractivity contribution in [1.82, 2.24) is 25.3 Å². The number of hydrogen-bond acceptors (Lipinski definition) is 6. The Labute approximate surface area is 213 Å². The van der Waals surface area contributed by atoms with Crippen LogP contribution in [0, 0.1) is 5.82 Å². The van der Waals surface area contributed by atoms with Crippen LogP contribution >= 0.6 is 0 Å². The summed E-state index contributed by atoms with van der Waals surface area (Å²) >= 11 is 0. The van der Waals surface area contributed by atoms with Gasteiger partial charge in [0.05, 0.1) is 20.8 Å². The highest BCUT2D eigenvalue weighted by Gasteiger charge is 2.46. The first-order valence-corrected chi connectivity index (χ1v) is 11.5. The molecule has 1 unspecified atom stereocenters. The van der Waals surface area contributed by atoms with Crippen LogP contribution in [0.15, 0.2) is 48.5 Å². The molecule has 0 spiro atoms. The fourth-order valence-electron chi connectivity index (χ4n) is 4.08. The monoisotopic (exact) mass is 509 g/mol. The molecule has 3 aromatic rings. The van der Waals surface area contributed by atoms with Gasteiger partial charge in [-0.05, 0) is 36.8 Å². The van der Waals surface area contributed by atoms with E-state index in [1.165, 1.54) is 41.9 Å². The second-order valence-electron chi connectivity index (χ2n) is 8.88. The van der Waals surface area contributed by atoms with E-state index < -0.39 is 23.3 Å². The molecule has 37 heavy (non-hydrogen) atoms. The summed E-state index contributed by atoms with van der Waals surface area (Å²) in [5, 5.41) is 9.89. The molecule has 2 aromatic carbocycles. The summed E-state index contributed by atoms with van der Waals surface area (Å²) in [4.78, 5) is 40.4. The Morgan fingerprint density at radius 3 is 2.46 bits per heavy atom. The zero-order valence-corrected chi connectivity index (χ0v) is 21.0. The van der Waals surface area contributed by atoms with Gasteiger partial charge in [0, 0.05) is 37.8 Å². The Kier molecular flexibility index (Phi) is 7.14. The normalized spacial score (nSPS) is 16.7. The SMILES string of the molecule is COc1ccc(CNC(=O)c2cc3n(n2)CC(C)(C(=O)NCc2ccc(F)cc2)N(C)C3=O)c(OC)c1. The molecule has 4 rings (SSSR count). The molecule has 0 saturated heterocycles. The third-order valence-corrected chi connectivity index (χ3v) is 6.52. The molecule has 1 aliphatic heterocycles. The van der Waals surface area contributed by atoms with E-state index in [1.54, 1.807) is 44.4 Å². The zero-order valence-electron chi connectivity index (χ0n) is 21.0. The molecule has 1 aromatic heterocycles. The molecule has 3 amide bonds. The van der Waals surface area contributed by atoms with Gasteiger partial charge in [-0.3, -0.25) is 19.1 Å². The van der Waals surface area contributed by atoms with E-state index in [1.807, 2.05) is 0 Å². The smallest absolute Gasteiger partial charge is 0.272 e. The second kappa shape index (κ2) is 10.3. The molecule has 0 radical (unpaired) electrons. The number of likely N-dealkylation sites (N-methyl/N-ethyl adjacent to an activating group) is 1. The highest BCUT2D eigenvalue weighted by atomic mass is 19.1. The van der Waals surface area contributed by atoms with Gasteiger partial charge in [0.25, 0.3) is 11.8 Å². The maximum atomic E-state index is 13.1. The Balaban J connectivity index is 1.46. The van der Waals surface area contributed by atoms with E-state index in [4.69, 9.17) is 9.47 Å². The largest absolute Gasteiger partial charge is 0.497 e. The van der Waals surface area contributed by atoms with E-state index in [2.05, 4.69) is 15.7 Å². The van der Waals surface area contributed by atoms with Crippen LogP contribution in [-0.2, 0) is 24.4 Å². The molecule has 1 atom stereocenters. The minimum Gasteiger partial charge on any atom is -0.497 e. The summed E-state index contributed by atoms with van der Waals surface area (Å²) in [6.07, 6.45) is 0. The predicted octanol–water partition coefficient (Wildman–Crippen LogP) is 2.13. The van der Waals surface area contributed by atoms with Crippen LogP contribution in [0.4, 0.5) is 4.39 Å². The minimum atomic E-state index is -1.25. The van der Waals surface area contributed by atoms with E-state index >= 15 is 0 Å². The first kappa shape index (κ1) is 25.7. The number of fused-ring (bicyclic) bond motifs is 1. The Morgan fingerprint density at radius 1 is 1.05 bits per heavy atom. The van der Waals surface area contributed by atoms with Gasteiger partial charge in [-0.1, -0.05) is 12.1 Å². The van der Waals surface area contributed by atoms with Crippen LogP contribution in [0.2, 0.25) is 0 Å². The fourth-order valence-corrected chi connectivity index (χ4v) is 4.08. The van der Waals surface area contributed by atoms with Crippen LogP contribution in [0.25, 0.3) is 0 Å². The van der Waals surface area contributed by atoms with E-state index in [0.717, 1.165) is 11.1 Å². The number of nitrogens with one attached hydrogen (secondary N) is 2. The lowest BCUT2D eigenvalue weighted by Crippen LogP contribution is -2.62. The van der Waals surface area contributed by atoms with Crippen molar-refractivity contribution in [3.05, 3.63) is 76.9 Å². The van der Waals surface area contributed by atoms with Crippen LogP contribution in [0.5, 0.6) is 11.5 Å². The molecule has 2 heterocycles. The second-order valence-corrected chi connectivity index (χ2v) is 8.88. The Hall–Kier alpha value is -4.41. The number of carbonyl (C=O) groups is 3. The average molecular weight is 510 g/mol. The van der Waals surface area contributed by atoms with E-state index in [0.29, 0.717) is 11.5 Å². The number of carbonyl (C=O) groups excluding carboxylic acids is 3. The van der Waals surface area contributed by atoms with E-state index in [9.17, 15) is 18.8 Å². The van der Waals surface area contributed by atoms with Crippen LogP contribution < -0.4 is 20.1 Å². The first-order valence-electron chi connectivity index (χ1n) is 11.5. The molecule has 0 aliphatic carbocycles. The summed E-state index contributed by atoms with van der Waals surface area (Å²) in [6.45, 7) is 2.03. The fraction of sp³-hybridized carbons (Fsp3) is 0.308.